The molecule has 0 aliphatic carbocycles. The molecule has 2 aromatic rings. The van der Waals surface area contributed by atoms with Gasteiger partial charge in [-0.3, -0.25) is 0 Å². The van der Waals surface area contributed by atoms with Crippen molar-refractivity contribution in [2.45, 2.75) is 24.9 Å². The second kappa shape index (κ2) is 9.46. The molecule has 0 saturated heterocycles. The highest BCUT2D eigenvalue weighted by Gasteiger charge is 2.31. The standard InChI is InChI=1S/C19H23N2O5P/c1-27(24,25-18(22)16(20)12-14-8-4-2-5-9-14)26-19(23)17(21)13-15-10-6-3-7-11-15/h2-11,16-17H,12-13,20-21H2,1H3/t16-,17-/m0/s1. The molecular weight excluding hydrogens is 367 g/mol. The summed E-state index contributed by atoms with van der Waals surface area (Å²) in [6, 6.07) is 16.1. The van der Waals surface area contributed by atoms with Gasteiger partial charge in [0.05, 0.1) is 6.66 Å². The molecule has 7 nitrogen and oxygen atoms in total. The van der Waals surface area contributed by atoms with E-state index in [1.807, 2.05) is 36.4 Å². The zero-order valence-corrected chi connectivity index (χ0v) is 15.9. The predicted molar refractivity (Wildman–Crippen MR) is 102 cm³/mol. The van der Waals surface area contributed by atoms with E-state index in [0.717, 1.165) is 17.8 Å². The average molecular weight is 390 g/mol. The summed E-state index contributed by atoms with van der Waals surface area (Å²) in [4.78, 5) is 24.1. The monoisotopic (exact) mass is 390 g/mol. The average Bonchev–Trinajstić information content (AvgIpc) is 2.62. The van der Waals surface area contributed by atoms with E-state index in [1.165, 1.54) is 0 Å². The van der Waals surface area contributed by atoms with Gasteiger partial charge >= 0.3 is 19.5 Å². The maximum atomic E-state index is 12.4. The molecule has 0 bridgehead atoms. The van der Waals surface area contributed by atoms with Gasteiger partial charge in [-0.2, -0.15) is 0 Å². The lowest BCUT2D eigenvalue weighted by Gasteiger charge is -2.18. The molecule has 0 unspecified atom stereocenters. The summed E-state index contributed by atoms with van der Waals surface area (Å²) in [5.74, 6) is -1.82. The van der Waals surface area contributed by atoms with Crippen LogP contribution in [0.15, 0.2) is 60.7 Å². The number of hydrogen-bond acceptors (Lipinski definition) is 7. The summed E-state index contributed by atoms with van der Waals surface area (Å²) in [6.07, 6.45) is 0.419. The van der Waals surface area contributed by atoms with E-state index in [0.29, 0.717) is 0 Å². The van der Waals surface area contributed by atoms with Crippen molar-refractivity contribution in [3.8, 4) is 0 Å². The molecule has 0 fully saturated rings. The highest BCUT2D eigenvalue weighted by molar-refractivity contribution is 7.54. The molecule has 2 rings (SSSR count). The minimum absolute atomic E-state index is 0.209. The molecular formula is C19H23N2O5P. The zero-order valence-electron chi connectivity index (χ0n) is 15.0. The molecule has 144 valence electrons. The third-order valence-corrected chi connectivity index (χ3v) is 4.74. The van der Waals surface area contributed by atoms with E-state index < -0.39 is 31.6 Å². The summed E-state index contributed by atoms with van der Waals surface area (Å²) >= 11 is 0. The summed E-state index contributed by atoms with van der Waals surface area (Å²) in [5, 5.41) is 0. The molecule has 8 heteroatoms. The Hall–Kier alpha value is -2.47. The highest BCUT2D eigenvalue weighted by Crippen LogP contribution is 2.44. The van der Waals surface area contributed by atoms with Gasteiger partial charge in [-0.25, -0.2) is 14.2 Å². The van der Waals surface area contributed by atoms with Crippen molar-refractivity contribution in [3.05, 3.63) is 71.8 Å². The second-order valence-electron chi connectivity index (χ2n) is 6.18. The van der Waals surface area contributed by atoms with E-state index >= 15 is 0 Å². The Kier molecular flexibility index (Phi) is 7.30. The third kappa shape index (κ3) is 6.98. The normalized spacial score (nSPS) is 13.4. The Balaban J connectivity index is 1.88. The highest BCUT2D eigenvalue weighted by atomic mass is 31.2. The Morgan fingerprint density at radius 3 is 1.48 bits per heavy atom. The van der Waals surface area contributed by atoms with Crippen LogP contribution in [-0.4, -0.2) is 30.7 Å². The van der Waals surface area contributed by atoms with Gasteiger partial charge in [-0.05, 0) is 24.0 Å². The number of hydrogen-bond donors (Lipinski definition) is 2. The molecule has 0 spiro atoms. The molecule has 0 amide bonds. The van der Waals surface area contributed by atoms with Gasteiger partial charge < -0.3 is 20.5 Å². The Morgan fingerprint density at radius 2 is 1.15 bits per heavy atom. The fraction of sp³-hybridized carbons (Fsp3) is 0.263. The minimum atomic E-state index is -3.98. The lowest BCUT2D eigenvalue weighted by Crippen LogP contribution is -2.36. The van der Waals surface area contributed by atoms with Gasteiger partial charge in [-0.1, -0.05) is 60.7 Å². The molecule has 0 radical (unpaired) electrons. The summed E-state index contributed by atoms with van der Waals surface area (Å²) in [7, 11) is -3.98. The fourth-order valence-corrected chi connectivity index (χ4v) is 3.35. The summed E-state index contributed by atoms with van der Waals surface area (Å²) < 4.78 is 22.0. The van der Waals surface area contributed by atoms with Crippen molar-refractivity contribution >= 4 is 19.5 Å². The number of carbonyl (C=O) groups is 2. The second-order valence-corrected chi connectivity index (χ2v) is 8.09. The summed E-state index contributed by atoms with van der Waals surface area (Å²) in [6.45, 7) is 1.03. The van der Waals surface area contributed by atoms with Crippen LogP contribution in [0.3, 0.4) is 0 Å². The van der Waals surface area contributed by atoms with Crippen LogP contribution in [0, 0.1) is 0 Å². The first kappa shape index (κ1) is 20.8. The Labute approximate surface area is 158 Å². The quantitative estimate of drug-likeness (QED) is 0.662. The van der Waals surface area contributed by atoms with Crippen molar-refractivity contribution in [2.24, 2.45) is 11.5 Å². The van der Waals surface area contributed by atoms with Crippen molar-refractivity contribution in [1.82, 2.24) is 0 Å². The van der Waals surface area contributed by atoms with Crippen LogP contribution >= 0.6 is 7.60 Å². The number of carbonyl (C=O) groups excluding carboxylic acids is 2. The van der Waals surface area contributed by atoms with Crippen LogP contribution in [0.1, 0.15) is 11.1 Å². The fourth-order valence-electron chi connectivity index (χ4n) is 2.38. The SMILES string of the molecule is CP(=O)(OC(=O)[C@@H](N)Cc1ccccc1)OC(=O)[C@@H](N)Cc1ccccc1. The van der Waals surface area contributed by atoms with Gasteiger partial charge in [0.2, 0.25) is 0 Å². The van der Waals surface area contributed by atoms with Crippen molar-refractivity contribution in [3.63, 3.8) is 0 Å². The number of nitrogens with two attached hydrogens (primary N) is 2. The maximum Gasteiger partial charge on any atom is 0.432 e. The first-order valence-corrected chi connectivity index (χ1v) is 10.4. The van der Waals surface area contributed by atoms with Crippen LogP contribution in [0.5, 0.6) is 0 Å². The molecule has 2 aromatic carbocycles. The van der Waals surface area contributed by atoms with Crippen LogP contribution in [0.2, 0.25) is 0 Å². The topological polar surface area (TPSA) is 122 Å². The molecule has 0 heterocycles. The van der Waals surface area contributed by atoms with Crippen LogP contribution < -0.4 is 11.5 Å². The van der Waals surface area contributed by atoms with Crippen LogP contribution in [0.4, 0.5) is 0 Å². The Morgan fingerprint density at radius 1 is 0.815 bits per heavy atom. The minimum Gasteiger partial charge on any atom is -0.382 e. The molecule has 4 N–H and O–H groups in total. The van der Waals surface area contributed by atoms with Gasteiger partial charge in [0.15, 0.2) is 0 Å². The van der Waals surface area contributed by atoms with E-state index in [2.05, 4.69) is 0 Å². The van der Waals surface area contributed by atoms with Crippen LogP contribution in [-0.2, 0) is 36.0 Å². The lowest BCUT2D eigenvalue weighted by atomic mass is 10.1. The van der Waals surface area contributed by atoms with E-state index in [9.17, 15) is 14.2 Å². The predicted octanol–water partition coefficient (Wildman–Crippen LogP) is 2.04. The van der Waals surface area contributed by atoms with Crippen molar-refractivity contribution in [1.29, 1.82) is 0 Å². The molecule has 0 aliphatic rings. The zero-order chi connectivity index (χ0) is 19.9. The summed E-state index contributed by atoms with van der Waals surface area (Å²) in [5.41, 5.74) is 13.2. The Bertz CT molecular complexity index is 748. The lowest BCUT2D eigenvalue weighted by molar-refractivity contribution is -0.140. The molecule has 27 heavy (non-hydrogen) atoms. The van der Waals surface area contributed by atoms with E-state index in [1.54, 1.807) is 24.3 Å². The largest absolute Gasteiger partial charge is 0.432 e. The molecule has 0 aromatic heterocycles. The first-order valence-electron chi connectivity index (χ1n) is 8.40. The van der Waals surface area contributed by atoms with Gasteiger partial charge in [0, 0.05) is 0 Å². The molecule has 0 aliphatic heterocycles. The molecule has 0 saturated carbocycles. The first-order chi connectivity index (χ1) is 12.8. The number of benzene rings is 2. The van der Waals surface area contributed by atoms with E-state index in [4.69, 9.17) is 20.5 Å². The third-order valence-electron chi connectivity index (χ3n) is 3.71. The van der Waals surface area contributed by atoms with Crippen LogP contribution in [0.25, 0.3) is 0 Å². The number of rotatable bonds is 8. The molecule has 2 atom stereocenters. The van der Waals surface area contributed by atoms with E-state index in [-0.39, 0.29) is 12.8 Å². The van der Waals surface area contributed by atoms with Gasteiger partial charge in [-0.15, -0.1) is 0 Å². The smallest absolute Gasteiger partial charge is 0.382 e. The van der Waals surface area contributed by atoms with Gasteiger partial charge in [0.1, 0.15) is 12.1 Å². The maximum absolute atomic E-state index is 12.4. The van der Waals surface area contributed by atoms with Crippen molar-refractivity contribution < 1.29 is 23.2 Å². The van der Waals surface area contributed by atoms with Crippen molar-refractivity contribution in [2.75, 3.05) is 6.66 Å². The van der Waals surface area contributed by atoms with Gasteiger partial charge in [0.25, 0.3) is 0 Å².